The monoisotopic (exact) mass is 342 g/mol. The van der Waals surface area contributed by atoms with Crippen molar-refractivity contribution in [1.29, 1.82) is 0 Å². The van der Waals surface area contributed by atoms with Crippen LogP contribution in [0.2, 0.25) is 0 Å². The highest BCUT2D eigenvalue weighted by molar-refractivity contribution is 6.04. The van der Waals surface area contributed by atoms with Crippen LogP contribution in [0.3, 0.4) is 0 Å². The molecule has 3 amide bonds. The van der Waals surface area contributed by atoms with E-state index in [-0.39, 0.29) is 12.5 Å². The Morgan fingerprint density at radius 2 is 1.88 bits per heavy atom. The van der Waals surface area contributed by atoms with Gasteiger partial charge in [0.15, 0.2) is 0 Å². The van der Waals surface area contributed by atoms with Crippen molar-refractivity contribution in [3.8, 4) is 0 Å². The van der Waals surface area contributed by atoms with Gasteiger partial charge >= 0.3 is 6.03 Å². The van der Waals surface area contributed by atoms with Crippen molar-refractivity contribution in [3.63, 3.8) is 0 Å². The molecule has 0 saturated carbocycles. The molecule has 0 radical (unpaired) electrons. The summed E-state index contributed by atoms with van der Waals surface area (Å²) in [6.07, 6.45) is 0.0252. The molecule has 2 aromatic carbocycles. The molecule has 1 aliphatic rings. The number of amides is 3. The molecule has 130 valence electrons. The second kappa shape index (κ2) is 7.44. The molecule has 1 aliphatic heterocycles. The number of β-amino-alcohol motifs (C(OH)–C–C–N with tert-alkyl or cyclic N) is 1. The molecule has 0 bridgehead atoms. The molecule has 2 aromatic rings. The molecule has 1 saturated heterocycles. The van der Waals surface area contributed by atoms with Crippen molar-refractivity contribution in [2.24, 2.45) is 0 Å². The van der Waals surface area contributed by atoms with Gasteiger partial charge in [-0.2, -0.15) is 0 Å². The second-order valence-corrected chi connectivity index (χ2v) is 6.05. The van der Waals surface area contributed by atoms with Gasteiger partial charge in [-0.3, -0.25) is 9.69 Å². The van der Waals surface area contributed by atoms with Gasteiger partial charge < -0.3 is 10.4 Å². The number of benzene rings is 2. The molecule has 2 atom stereocenters. The summed E-state index contributed by atoms with van der Waals surface area (Å²) in [5, 5.41) is 12.8. The molecule has 1 heterocycles. The highest BCUT2D eigenvalue weighted by Gasteiger charge is 2.38. The SMILES string of the molecule is O=C1N[C@H](CCc2ccccc2)C(=O)N1C[C@@H](O)c1cccc(F)c1. The Balaban J connectivity index is 1.61. The number of hydrogen-bond acceptors (Lipinski definition) is 3. The third kappa shape index (κ3) is 4.03. The molecular weight excluding hydrogens is 323 g/mol. The molecule has 0 aliphatic carbocycles. The van der Waals surface area contributed by atoms with Crippen LogP contribution >= 0.6 is 0 Å². The van der Waals surface area contributed by atoms with Gasteiger partial charge in [0.1, 0.15) is 11.9 Å². The number of carbonyl (C=O) groups is 2. The first-order valence-corrected chi connectivity index (χ1v) is 8.14. The third-order valence-corrected chi connectivity index (χ3v) is 4.26. The quantitative estimate of drug-likeness (QED) is 0.792. The van der Waals surface area contributed by atoms with Crippen molar-refractivity contribution in [2.45, 2.75) is 25.0 Å². The first-order valence-electron chi connectivity index (χ1n) is 8.14. The normalized spacial score (nSPS) is 18.3. The van der Waals surface area contributed by atoms with Crippen LogP contribution in [-0.2, 0) is 11.2 Å². The summed E-state index contributed by atoms with van der Waals surface area (Å²) in [5.41, 5.74) is 1.41. The van der Waals surface area contributed by atoms with Crippen molar-refractivity contribution >= 4 is 11.9 Å². The van der Waals surface area contributed by atoms with Gasteiger partial charge in [-0.05, 0) is 36.1 Å². The van der Waals surface area contributed by atoms with E-state index in [0.29, 0.717) is 18.4 Å². The van der Waals surface area contributed by atoms with Crippen molar-refractivity contribution < 1.29 is 19.1 Å². The smallest absolute Gasteiger partial charge is 0.324 e. The maximum atomic E-state index is 13.2. The van der Waals surface area contributed by atoms with Gasteiger partial charge in [0, 0.05) is 0 Å². The molecule has 0 unspecified atom stereocenters. The van der Waals surface area contributed by atoms with Gasteiger partial charge in [0.2, 0.25) is 0 Å². The third-order valence-electron chi connectivity index (χ3n) is 4.26. The number of urea groups is 1. The lowest BCUT2D eigenvalue weighted by molar-refractivity contribution is -0.128. The van der Waals surface area contributed by atoms with Crippen LogP contribution in [0.4, 0.5) is 9.18 Å². The number of hydrogen-bond donors (Lipinski definition) is 2. The van der Waals surface area contributed by atoms with Crippen LogP contribution in [0, 0.1) is 5.82 Å². The molecular formula is C19H19FN2O3. The summed E-state index contributed by atoms with van der Waals surface area (Å²) in [6, 6.07) is 14.0. The summed E-state index contributed by atoms with van der Waals surface area (Å²) in [5.74, 6) is -0.842. The number of rotatable bonds is 6. The van der Waals surface area contributed by atoms with Gasteiger partial charge in [-0.1, -0.05) is 42.5 Å². The van der Waals surface area contributed by atoms with Crippen molar-refractivity contribution in [1.82, 2.24) is 10.2 Å². The lowest BCUT2D eigenvalue weighted by Gasteiger charge is -2.18. The van der Waals surface area contributed by atoms with Crippen LogP contribution < -0.4 is 5.32 Å². The second-order valence-electron chi connectivity index (χ2n) is 6.05. The van der Waals surface area contributed by atoms with E-state index in [9.17, 15) is 19.1 Å². The Morgan fingerprint density at radius 3 is 2.60 bits per heavy atom. The average Bonchev–Trinajstić information content (AvgIpc) is 2.88. The van der Waals surface area contributed by atoms with Crippen LogP contribution in [0.5, 0.6) is 0 Å². The van der Waals surface area contributed by atoms with E-state index in [1.807, 2.05) is 30.3 Å². The molecule has 1 fully saturated rings. The molecule has 2 N–H and O–H groups in total. The van der Waals surface area contributed by atoms with Crippen molar-refractivity contribution in [2.75, 3.05) is 6.54 Å². The van der Waals surface area contributed by atoms with E-state index >= 15 is 0 Å². The standard InChI is InChI=1S/C19H19FN2O3/c20-15-8-4-7-14(11-15)17(23)12-22-18(24)16(21-19(22)25)10-9-13-5-2-1-3-6-13/h1-8,11,16-17,23H,9-10,12H2,(H,21,25)/t16-,17-/m1/s1. The Bertz CT molecular complexity index is 766. The zero-order chi connectivity index (χ0) is 17.8. The summed E-state index contributed by atoms with van der Waals surface area (Å²) in [6.45, 7) is -0.198. The average molecular weight is 342 g/mol. The fourth-order valence-electron chi connectivity index (χ4n) is 2.89. The first kappa shape index (κ1) is 17.1. The van der Waals surface area contributed by atoms with Gasteiger partial charge in [0.05, 0.1) is 12.6 Å². The maximum Gasteiger partial charge on any atom is 0.324 e. The van der Waals surface area contributed by atoms with E-state index in [0.717, 1.165) is 10.5 Å². The van der Waals surface area contributed by atoms with E-state index in [1.54, 1.807) is 6.07 Å². The zero-order valence-electron chi connectivity index (χ0n) is 13.6. The molecule has 25 heavy (non-hydrogen) atoms. The fourth-order valence-corrected chi connectivity index (χ4v) is 2.89. The topological polar surface area (TPSA) is 69.6 Å². The molecule has 0 spiro atoms. The summed E-state index contributed by atoms with van der Waals surface area (Å²) in [7, 11) is 0. The molecule has 5 nitrogen and oxygen atoms in total. The number of nitrogens with one attached hydrogen (secondary N) is 1. The first-order chi connectivity index (χ1) is 12.0. The maximum absolute atomic E-state index is 13.2. The van der Waals surface area contributed by atoms with Gasteiger partial charge in [-0.25, -0.2) is 9.18 Å². The largest absolute Gasteiger partial charge is 0.387 e. The molecule has 6 heteroatoms. The summed E-state index contributed by atoms with van der Waals surface area (Å²) >= 11 is 0. The Labute approximate surface area is 145 Å². The van der Waals surface area contributed by atoms with E-state index in [2.05, 4.69) is 5.32 Å². The van der Waals surface area contributed by atoms with Crippen LogP contribution in [0.25, 0.3) is 0 Å². The van der Waals surface area contributed by atoms with E-state index < -0.39 is 24.0 Å². The predicted molar refractivity (Wildman–Crippen MR) is 90.2 cm³/mol. The molecule has 3 rings (SSSR count). The summed E-state index contributed by atoms with van der Waals surface area (Å²) < 4.78 is 13.2. The highest BCUT2D eigenvalue weighted by atomic mass is 19.1. The van der Waals surface area contributed by atoms with Crippen LogP contribution in [-0.4, -0.2) is 34.5 Å². The fraction of sp³-hybridized carbons (Fsp3) is 0.263. The number of nitrogens with zero attached hydrogens (tertiary/aromatic N) is 1. The van der Waals surface area contributed by atoms with Gasteiger partial charge in [0.25, 0.3) is 5.91 Å². The number of halogens is 1. The minimum absolute atomic E-state index is 0.198. The zero-order valence-corrected chi connectivity index (χ0v) is 13.6. The lowest BCUT2D eigenvalue weighted by Crippen LogP contribution is -2.35. The Morgan fingerprint density at radius 1 is 1.12 bits per heavy atom. The Kier molecular flexibility index (Phi) is 5.09. The number of aliphatic hydroxyl groups excluding tert-OH is 1. The highest BCUT2D eigenvalue weighted by Crippen LogP contribution is 2.19. The van der Waals surface area contributed by atoms with Crippen molar-refractivity contribution in [3.05, 3.63) is 71.5 Å². The molecule has 0 aromatic heterocycles. The lowest BCUT2D eigenvalue weighted by atomic mass is 10.0. The van der Waals surface area contributed by atoms with E-state index in [1.165, 1.54) is 18.2 Å². The van der Waals surface area contributed by atoms with Gasteiger partial charge in [-0.15, -0.1) is 0 Å². The minimum atomic E-state index is -1.13. The minimum Gasteiger partial charge on any atom is -0.387 e. The Hall–Kier alpha value is -2.73. The van der Waals surface area contributed by atoms with E-state index in [4.69, 9.17) is 0 Å². The number of carbonyl (C=O) groups excluding carboxylic acids is 2. The van der Waals surface area contributed by atoms with Crippen LogP contribution in [0.1, 0.15) is 23.7 Å². The number of aryl methyl sites for hydroxylation is 1. The predicted octanol–water partition coefficient (Wildman–Crippen LogP) is 2.41. The van der Waals surface area contributed by atoms with Crippen LogP contribution in [0.15, 0.2) is 54.6 Å². The summed E-state index contributed by atoms with van der Waals surface area (Å²) in [4.78, 5) is 25.5. The number of aliphatic hydroxyl groups is 1. The number of imide groups is 1.